The highest BCUT2D eigenvalue weighted by molar-refractivity contribution is 7.11. The van der Waals surface area contributed by atoms with E-state index < -0.39 is 11.9 Å². The number of carboxylic acids is 1. The van der Waals surface area contributed by atoms with Crippen LogP contribution in [-0.4, -0.2) is 40.0 Å². The Hall–Kier alpha value is -1.43. The maximum absolute atomic E-state index is 12.7. The topological polar surface area (TPSA) is 70.5 Å². The molecule has 0 aromatic carbocycles. The number of hydrogen-bond acceptors (Lipinski definition) is 4. The van der Waals surface area contributed by atoms with Crippen LogP contribution in [-0.2, 0) is 4.79 Å². The smallest absolute Gasteiger partial charge is 0.308 e. The maximum atomic E-state index is 12.7. The molecule has 1 aliphatic heterocycles. The molecule has 3 rings (SSSR count). The highest BCUT2D eigenvalue weighted by Crippen LogP contribution is 2.36. The molecule has 1 amide bonds. The first-order valence-electron chi connectivity index (χ1n) is 7.62. The fourth-order valence-electron chi connectivity index (χ4n) is 3.41. The van der Waals surface area contributed by atoms with Gasteiger partial charge in [-0.2, -0.15) is 0 Å². The van der Waals surface area contributed by atoms with Crippen molar-refractivity contribution in [3.8, 4) is 0 Å². The van der Waals surface area contributed by atoms with Crippen molar-refractivity contribution in [3.63, 3.8) is 0 Å². The average Bonchev–Trinajstić information content (AvgIpc) is 3.17. The summed E-state index contributed by atoms with van der Waals surface area (Å²) in [5.41, 5.74) is 2.69. The number of hydrogen-bond donors (Lipinski definition) is 1. The van der Waals surface area contributed by atoms with Gasteiger partial charge in [-0.05, 0) is 25.7 Å². The van der Waals surface area contributed by atoms with Gasteiger partial charge in [-0.25, -0.2) is 4.98 Å². The van der Waals surface area contributed by atoms with Gasteiger partial charge in [0.1, 0.15) is 4.88 Å². The molecule has 1 atom stereocenters. The van der Waals surface area contributed by atoms with Gasteiger partial charge in [0.05, 0.1) is 17.1 Å². The number of aromatic nitrogens is 1. The highest BCUT2D eigenvalue weighted by atomic mass is 32.1. The van der Waals surface area contributed by atoms with E-state index in [1.54, 1.807) is 10.4 Å². The zero-order valence-corrected chi connectivity index (χ0v) is 12.8. The lowest BCUT2D eigenvalue weighted by molar-refractivity contribution is -0.143. The van der Waals surface area contributed by atoms with E-state index in [2.05, 4.69) is 4.98 Å². The molecule has 2 fully saturated rings. The van der Waals surface area contributed by atoms with Gasteiger partial charge in [0.2, 0.25) is 0 Å². The third-order valence-corrected chi connectivity index (χ3v) is 5.42. The number of carbonyl (C=O) groups is 2. The van der Waals surface area contributed by atoms with Crippen LogP contribution in [0.25, 0.3) is 0 Å². The summed E-state index contributed by atoms with van der Waals surface area (Å²) in [5, 5.41) is 9.15. The Balaban J connectivity index is 1.76. The van der Waals surface area contributed by atoms with E-state index in [9.17, 15) is 9.59 Å². The van der Waals surface area contributed by atoms with Gasteiger partial charge in [0.25, 0.3) is 5.91 Å². The van der Waals surface area contributed by atoms with Crippen molar-refractivity contribution in [1.82, 2.24) is 9.88 Å². The van der Waals surface area contributed by atoms with E-state index in [4.69, 9.17) is 5.11 Å². The third-order valence-electron chi connectivity index (χ3n) is 4.59. The summed E-state index contributed by atoms with van der Waals surface area (Å²) in [6.45, 7) is 0.987. The van der Waals surface area contributed by atoms with Crippen LogP contribution in [0.3, 0.4) is 0 Å². The van der Waals surface area contributed by atoms with Crippen LogP contribution in [0.4, 0.5) is 0 Å². The summed E-state index contributed by atoms with van der Waals surface area (Å²) in [5.74, 6) is -0.834. The van der Waals surface area contributed by atoms with Crippen molar-refractivity contribution in [1.29, 1.82) is 0 Å². The molecule has 114 valence electrons. The number of aliphatic carboxylic acids is 1. The standard InChI is InChI=1S/C15H20N2O3S/c18-14(17-7-3-6-11(8-17)15(19)20)13-12(16-9-21-13)10-4-1-2-5-10/h9-11H,1-8H2,(H,19,20). The molecule has 0 bridgehead atoms. The van der Waals surface area contributed by atoms with Gasteiger partial charge in [-0.15, -0.1) is 11.3 Å². The molecule has 2 aliphatic rings. The van der Waals surface area contributed by atoms with E-state index in [1.165, 1.54) is 24.2 Å². The largest absolute Gasteiger partial charge is 0.481 e. The number of carbonyl (C=O) groups excluding carboxylic acids is 1. The number of carboxylic acid groups (broad SMARTS) is 1. The van der Waals surface area contributed by atoms with Gasteiger partial charge >= 0.3 is 5.97 Å². The Morgan fingerprint density at radius 1 is 1.24 bits per heavy atom. The molecule has 5 nitrogen and oxygen atoms in total. The van der Waals surface area contributed by atoms with Gasteiger partial charge in [-0.3, -0.25) is 9.59 Å². The predicted octanol–water partition coefficient (Wildman–Crippen LogP) is 2.74. The van der Waals surface area contributed by atoms with E-state index in [-0.39, 0.29) is 5.91 Å². The number of rotatable bonds is 3. The van der Waals surface area contributed by atoms with Crippen LogP contribution >= 0.6 is 11.3 Å². The van der Waals surface area contributed by atoms with Crippen molar-refractivity contribution in [2.45, 2.75) is 44.4 Å². The Morgan fingerprint density at radius 2 is 2.00 bits per heavy atom. The Bertz CT molecular complexity index is 537. The Labute approximate surface area is 128 Å². The molecule has 6 heteroatoms. The van der Waals surface area contributed by atoms with Crippen LogP contribution in [0.2, 0.25) is 0 Å². The van der Waals surface area contributed by atoms with Crippen molar-refractivity contribution < 1.29 is 14.7 Å². The lowest BCUT2D eigenvalue weighted by atomic mass is 9.97. The minimum Gasteiger partial charge on any atom is -0.481 e. The lowest BCUT2D eigenvalue weighted by Gasteiger charge is -2.30. The highest BCUT2D eigenvalue weighted by Gasteiger charge is 2.32. The van der Waals surface area contributed by atoms with Crippen molar-refractivity contribution in [2.24, 2.45) is 5.92 Å². The molecular formula is C15H20N2O3S. The molecule has 1 saturated heterocycles. The van der Waals surface area contributed by atoms with Crippen molar-refractivity contribution in [2.75, 3.05) is 13.1 Å². The van der Waals surface area contributed by atoms with Gasteiger partial charge in [0, 0.05) is 19.0 Å². The maximum Gasteiger partial charge on any atom is 0.308 e. The number of nitrogens with zero attached hydrogens (tertiary/aromatic N) is 2. The molecule has 0 radical (unpaired) electrons. The van der Waals surface area contributed by atoms with Crippen LogP contribution < -0.4 is 0 Å². The number of thiazole rings is 1. The van der Waals surface area contributed by atoms with Crippen LogP contribution in [0.5, 0.6) is 0 Å². The number of likely N-dealkylation sites (tertiary alicyclic amines) is 1. The van der Waals surface area contributed by atoms with Gasteiger partial charge in [0.15, 0.2) is 0 Å². The normalized spacial score (nSPS) is 23.4. The summed E-state index contributed by atoms with van der Waals surface area (Å²) in [7, 11) is 0. The van der Waals surface area contributed by atoms with Crippen LogP contribution in [0.15, 0.2) is 5.51 Å². The van der Waals surface area contributed by atoms with Crippen molar-refractivity contribution >= 4 is 23.2 Å². The van der Waals surface area contributed by atoms with Crippen molar-refractivity contribution in [3.05, 3.63) is 16.1 Å². The molecular weight excluding hydrogens is 288 g/mol. The Kier molecular flexibility index (Phi) is 4.24. The third kappa shape index (κ3) is 2.95. The average molecular weight is 308 g/mol. The summed E-state index contributed by atoms with van der Waals surface area (Å²) in [6.07, 6.45) is 6.07. The summed E-state index contributed by atoms with van der Waals surface area (Å²) < 4.78 is 0. The second-order valence-corrected chi connectivity index (χ2v) is 6.83. The quantitative estimate of drug-likeness (QED) is 0.932. The zero-order valence-electron chi connectivity index (χ0n) is 12.0. The Morgan fingerprint density at radius 3 is 2.71 bits per heavy atom. The van der Waals surface area contributed by atoms with E-state index in [1.807, 2.05) is 0 Å². The monoisotopic (exact) mass is 308 g/mol. The molecule has 1 aromatic heterocycles. The van der Waals surface area contributed by atoms with Crippen LogP contribution in [0, 0.1) is 5.92 Å². The first kappa shape index (κ1) is 14.5. The van der Waals surface area contributed by atoms with Gasteiger partial charge < -0.3 is 10.0 Å². The number of amides is 1. The minimum absolute atomic E-state index is 0.0228. The second-order valence-electron chi connectivity index (χ2n) is 5.98. The molecule has 1 aromatic rings. The first-order chi connectivity index (χ1) is 10.2. The molecule has 21 heavy (non-hydrogen) atoms. The molecule has 1 saturated carbocycles. The lowest BCUT2D eigenvalue weighted by Crippen LogP contribution is -2.42. The van der Waals surface area contributed by atoms with Crippen LogP contribution in [0.1, 0.15) is 59.8 Å². The van der Waals surface area contributed by atoms with E-state index >= 15 is 0 Å². The summed E-state index contributed by atoms with van der Waals surface area (Å²) in [4.78, 5) is 30.7. The second kappa shape index (κ2) is 6.13. The molecule has 0 spiro atoms. The predicted molar refractivity (Wildman–Crippen MR) is 79.6 cm³/mol. The van der Waals surface area contributed by atoms with E-state index in [0.29, 0.717) is 25.4 Å². The summed E-state index contributed by atoms with van der Waals surface area (Å²) in [6, 6.07) is 0. The number of piperidine rings is 1. The SMILES string of the molecule is O=C(O)C1CCCN(C(=O)c2scnc2C2CCCC2)C1. The summed E-state index contributed by atoms with van der Waals surface area (Å²) >= 11 is 1.40. The molecule has 2 heterocycles. The van der Waals surface area contributed by atoms with Gasteiger partial charge in [-0.1, -0.05) is 12.8 Å². The fourth-order valence-corrected chi connectivity index (χ4v) is 4.25. The fraction of sp³-hybridized carbons (Fsp3) is 0.667. The van der Waals surface area contributed by atoms with E-state index in [0.717, 1.165) is 29.8 Å². The minimum atomic E-state index is -0.798. The molecule has 1 unspecified atom stereocenters. The molecule has 1 N–H and O–H groups in total. The molecule has 1 aliphatic carbocycles. The first-order valence-corrected chi connectivity index (χ1v) is 8.50. The zero-order chi connectivity index (χ0) is 14.8.